The van der Waals surface area contributed by atoms with E-state index in [-0.39, 0.29) is 32.4 Å². The highest BCUT2D eigenvalue weighted by atomic mass is 16.2. The van der Waals surface area contributed by atoms with Crippen LogP contribution in [-0.2, 0) is 25.6 Å². The number of Topliss-reactive ketones (excluding diaryl/α,β-unsaturated/α-hetero) is 1. The van der Waals surface area contributed by atoms with E-state index in [0.717, 1.165) is 5.56 Å². The Morgan fingerprint density at radius 1 is 0.838 bits per heavy atom. The summed E-state index contributed by atoms with van der Waals surface area (Å²) < 4.78 is 0. The van der Waals surface area contributed by atoms with E-state index in [2.05, 4.69) is 5.32 Å². The van der Waals surface area contributed by atoms with Gasteiger partial charge in [0.15, 0.2) is 5.78 Å². The van der Waals surface area contributed by atoms with Crippen molar-refractivity contribution in [2.24, 2.45) is 23.1 Å². The van der Waals surface area contributed by atoms with E-state index in [0.29, 0.717) is 24.9 Å². The Hall–Kier alpha value is -4.05. The Morgan fingerprint density at radius 3 is 2.03 bits per heavy atom. The number of benzene rings is 2. The van der Waals surface area contributed by atoms with Gasteiger partial charge in [0, 0.05) is 31.4 Å². The van der Waals surface area contributed by atoms with Gasteiger partial charge in [-0.2, -0.15) is 0 Å². The van der Waals surface area contributed by atoms with E-state index in [1.807, 2.05) is 30.3 Å². The zero-order valence-electron chi connectivity index (χ0n) is 20.8. The average Bonchev–Trinajstić information content (AvgIpc) is 2.87. The third-order valence-corrected chi connectivity index (χ3v) is 5.81. The maximum absolute atomic E-state index is 13.7. The number of primary amides is 2. The van der Waals surface area contributed by atoms with Gasteiger partial charge in [-0.15, -0.1) is 0 Å². The predicted octanol–water partition coefficient (Wildman–Crippen LogP) is 0.531. The summed E-state index contributed by atoms with van der Waals surface area (Å²) >= 11 is 0. The number of nitrogens with zero attached hydrogens (tertiary/aromatic N) is 1. The van der Waals surface area contributed by atoms with Crippen molar-refractivity contribution in [2.45, 2.75) is 38.1 Å². The van der Waals surface area contributed by atoms with Crippen LogP contribution in [0.3, 0.4) is 0 Å². The van der Waals surface area contributed by atoms with Crippen LogP contribution in [0.4, 0.5) is 0 Å². The van der Waals surface area contributed by atoms with Crippen molar-refractivity contribution < 1.29 is 24.0 Å². The molecule has 2 atom stereocenters. The molecule has 0 saturated carbocycles. The zero-order chi connectivity index (χ0) is 27.2. The van der Waals surface area contributed by atoms with Crippen molar-refractivity contribution in [1.82, 2.24) is 10.2 Å². The Morgan fingerprint density at radius 2 is 1.46 bits per heavy atom. The fraction of sp³-hybridized carbons (Fsp3) is 0.370. The lowest BCUT2D eigenvalue weighted by Crippen LogP contribution is -2.51. The fourth-order valence-electron chi connectivity index (χ4n) is 3.88. The number of hydrogen-bond acceptors (Lipinski definition) is 6. The van der Waals surface area contributed by atoms with Gasteiger partial charge >= 0.3 is 0 Å². The quantitative estimate of drug-likeness (QED) is 0.240. The first-order chi connectivity index (χ1) is 17.7. The van der Waals surface area contributed by atoms with Gasteiger partial charge in [-0.1, -0.05) is 48.5 Å². The number of nitrogens with one attached hydrogen (secondary N) is 1. The van der Waals surface area contributed by atoms with Crippen molar-refractivity contribution in [1.29, 1.82) is 0 Å². The molecule has 0 bridgehead atoms. The van der Waals surface area contributed by atoms with Gasteiger partial charge in [-0.05, 0) is 37.1 Å². The summed E-state index contributed by atoms with van der Waals surface area (Å²) in [5.74, 6) is -3.92. The minimum Gasteiger partial charge on any atom is -0.370 e. The maximum atomic E-state index is 13.7. The molecule has 37 heavy (non-hydrogen) atoms. The van der Waals surface area contributed by atoms with E-state index in [1.165, 1.54) is 4.90 Å². The topological polar surface area (TPSA) is 179 Å². The molecule has 0 unspecified atom stereocenters. The first-order valence-corrected chi connectivity index (χ1v) is 12.2. The molecule has 0 aliphatic heterocycles. The molecule has 0 aromatic heterocycles. The molecule has 7 N–H and O–H groups in total. The van der Waals surface area contributed by atoms with Crippen molar-refractivity contribution in [3.05, 3.63) is 71.8 Å². The standard InChI is InChI=1S/C27H35N5O5/c28-13-7-8-14-32(18-22(33)16-21(25(30)35)17-24(29)34)27(37)23(15-19-9-3-1-4-10-19)31-26(36)20-11-5-2-6-12-20/h1-6,9-12,21,23H,7-8,13-18,28H2,(H2,29,34)(H2,30,35)(H,31,36)/t21-,23-/m0/s1. The molecule has 0 saturated heterocycles. The second-order valence-corrected chi connectivity index (χ2v) is 8.85. The molecule has 0 aliphatic rings. The molecular weight excluding hydrogens is 474 g/mol. The molecule has 0 fully saturated rings. The Bertz CT molecular complexity index is 1060. The molecule has 198 valence electrons. The van der Waals surface area contributed by atoms with E-state index in [4.69, 9.17) is 17.2 Å². The third-order valence-electron chi connectivity index (χ3n) is 5.81. The smallest absolute Gasteiger partial charge is 0.251 e. The molecule has 2 aromatic rings. The number of carbonyl (C=O) groups excluding carboxylic acids is 5. The van der Waals surface area contributed by atoms with Crippen molar-refractivity contribution in [3.63, 3.8) is 0 Å². The third kappa shape index (κ3) is 10.2. The highest BCUT2D eigenvalue weighted by Crippen LogP contribution is 2.13. The van der Waals surface area contributed by atoms with Crippen LogP contribution in [0.2, 0.25) is 0 Å². The van der Waals surface area contributed by atoms with Crippen LogP contribution in [0.1, 0.15) is 41.6 Å². The lowest BCUT2D eigenvalue weighted by atomic mass is 9.97. The number of rotatable bonds is 16. The molecule has 0 radical (unpaired) electrons. The Labute approximate surface area is 216 Å². The van der Waals surface area contributed by atoms with Gasteiger partial charge in [-0.25, -0.2) is 0 Å². The molecule has 10 nitrogen and oxygen atoms in total. The number of nitrogens with two attached hydrogens (primary N) is 3. The summed E-state index contributed by atoms with van der Waals surface area (Å²) in [5.41, 5.74) is 17.3. The van der Waals surface area contributed by atoms with Crippen LogP contribution in [0, 0.1) is 5.92 Å². The van der Waals surface area contributed by atoms with Crippen LogP contribution in [0.5, 0.6) is 0 Å². The zero-order valence-corrected chi connectivity index (χ0v) is 20.8. The molecule has 2 aromatic carbocycles. The number of amides is 4. The van der Waals surface area contributed by atoms with Gasteiger partial charge in [0.1, 0.15) is 6.04 Å². The largest absolute Gasteiger partial charge is 0.370 e. The Kier molecular flexibility index (Phi) is 11.9. The highest BCUT2D eigenvalue weighted by Gasteiger charge is 2.29. The van der Waals surface area contributed by atoms with Crippen LogP contribution in [-0.4, -0.2) is 60.0 Å². The highest BCUT2D eigenvalue weighted by molar-refractivity contribution is 5.98. The van der Waals surface area contributed by atoms with Gasteiger partial charge < -0.3 is 27.4 Å². The predicted molar refractivity (Wildman–Crippen MR) is 139 cm³/mol. The van der Waals surface area contributed by atoms with E-state index in [1.54, 1.807) is 30.3 Å². The molecule has 10 heteroatoms. The Balaban J connectivity index is 2.26. The van der Waals surface area contributed by atoms with Crippen LogP contribution in [0.15, 0.2) is 60.7 Å². The SMILES string of the molecule is NCCCCN(CC(=O)C[C@@H](CC(N)=O)C(N)=O)C(=O)[C@H](Cc1ccccc1)NC(=O)c1ccccc1. The average molecular weight is 510 g/mol. The normalized spacial score (nSPS) is 12.2. The summed E-state index contributed by atoms with van der Waals surface area (Å²) in [7, 11) is 0. The second-order valence-electron chi connectivity index (χ2n) is 8.85. The van der Waals surface area contributed by atoms with Gasteiger partial charge in [0.05, 0.1) is 12.5 Å². The van der Waals surface area contributed by atoms with Crippen molar-refractivity contribution >= 4 is 29.4 Å². The van der Waals surface area contributed by atoms with Crippen LogP contribution in [0.25, 0.3) is 0 Å². The molecule has 2 rings (SSSR count). The van der Waals surface area contributed by atoms with Crippen molar-refractivity contribution in [2.75, 3.05) is 19.6 Å². The molecular formula is C27H35N5O5. The first kappa shape index (κ1) is 29.2. The summed E-state index contributed by atoms with van der Waals surface area (Å²) in [4.78, 5) is 63.8. The maximum Gasteiger partial charge on any atom is 0.251 e. The minimum atomic E-state index is -1.05. The lowest BCUT2D eigenvalue weighted by Gasteiger charge is -2.28. The monoisotopic (exact) mass is 509 g/mol. The number of hydrogen-bond donors (Lipinski definition) is 4. The minimum absolute atomic E-state index is 0.214. The summed E-state index contributed by atoms with van der Waals surface area (Å²) in [6.07, 6.45) is 0.708. The van der Waals surface area contributed by atoms with Gasteiger partial charge in [-0.3, -0.25) is 24.0 Å². The number of ketones is 1. The van der Waals surface area contributed by atoms with Crippen molar-refractivity contribution in [3.8, 4) is 0 Å². The molecule has 4 amide bonds. The van der Waals surface area contributed by atoms with Crippen LogP contribution >= 0.6 is 0 Å². The van der Waals surface area contributed by atoms with Crippen LogP contribution < -0.4 is 22.5 Å². The summed E-state index contributed by atoms with van der Waals surface area (Å²) in [6.45, 7) is 0.334. The number of carbonyl (C=O) groups is 5. The van der Waals surface area contributed by atoms with E-state index in [9.17, 15) is 24.0 Å². The molecule has 0 heterocycles. The fourth-order valence-corrected chi connectivity index (χ4v) is 3.88. The molecule has 0 aliphatic carbocycles. The van der Waals surface area contributed by atoms with Gasteiger partial charge in [0.25, 0.3) is 5.91 Å². The molecule has 0 spiro atoms. The lowest BCUT2D eigenvalue weighted by molar-refractivity contribution is -0.138. The number of unbranched alkanes of at least 4 members (excludes halogenated alkanes) is 1. The van der Waals surface area contributed by atoms with Gasteiger partial charge in [0.2, 0.25) is 17.7 Å². The van der Waals surface area contributed by atoms with E-state index >= 15 is 0 Å². The first-order valence-electron chi connectivity index (χ1n) is 12.2. The summed E-state index contributed by atoms with van der Waals surface area (Å²) in [6, 6.07) is 16.8. The second kappa shape index (κ2) is 15.1. The summed E-state index contributed by atoms with van der Waals surface area (Å²) in [5, 5.41) is 2.81. The van der Waals surface area contributed by atoms with E-state index < -0.39 is 41.4 Å².